The van der Waals surface area contributed by atoms with Gasteiger partial charge in [-0.05, 0) is 51.0 Å². The minimum Gasteiger partial charge on any atom is -0.480 e. The smallest absolute Gasteiger partial charge is 0.329 e. The molecule has 1 saturated heterocycles. The molecule has 114 valence electrons. The van der Waals surface area contributed by atoms with Gasteiger partial charge in [0.05, 0.1) is 6.04 Å². The highest BCUT2D eigenvalue weighted by Crippen LogP contribution is 2.32. The molecule has 0 spiro atoms. The van der Waals surface area contributed by atoms with Crippen LogP contribution in [0, 0.1) is 5.92 Å². The highest BCUT2D eigenvalue weighted by molar-refractivity contribution is 5.89. The van der Waals surface area contributed by atoms with E-state index >= 15 is 0 Å². The number of nitrogens with one attached hydrogen (secondary N) is 2. The first kappa shape index (κ1) is 15.3. The summed E-state index contributed by atoms with van der Waals surface area (Å²) >= 11 is 0. The van der Waals surface area contributed by atoms with Gasteiger partial charge in [0.1, 0.15) is 5.54 Å². The fourth-order valence-electron chi connectivity index (χ4n) is 3.22. The summed E-state index contributed by atoms with van der Waals surface area (Å²) in [5.41, 5.74) is -1.04. The van der Waals surface area contributed by atoms with E-state index in [0.29, 0.717) is 18.8 Å². The maximum absolute atomic E-state index is 12.4. The summed E-state index contributed by atoms with van der Waals surface area (Å²) in [6.07, 6.45) is 6.88. The molecule has 1 unspecified atom stereocenters. The Morgan fingerprint density at radius 1 is 1.15 bits per heavy atom. The molecule has 2 rings (SSSR count). The molecule has 1 saturated carbocycles. The van der Waals surface area contributed by atoms with Crippen molar-refractivity contribution < 1.29 is 14.7 Å². The van der Waals surface area contributed by atoms with E-state index < -0.39 is 11.5 Å². The Kier molecular flexibility index (Phi) is 5.02. The zero-order chi connectivity index (χ0) is 14.6. The summed E-state index contributed by atoms with van der Waals surface area (Å²) in [6.45, 7) is 2.98. The Balaban J connectivity index is 2.00. The summed E-state index contributed by atoms with van der Waals surface area (Å²) in [5.74, 6) is -0.467. The third kappa shape index (κ3) is 3.51. The number of rotatable bonds is 3. The molecular formula is C15H26N2O3. The van der Waals surface area contributed by atoms with E-state index in [1.165, 1.54) is 0 Å². The summed E-state index contributed by atoms with van der Waals surface area (Å²) in [7, 11) is 0. The molecule has 3 N–H and O–H groups in total. The number of carbonyl (C=O) groups is 2. The highest BCUT2D eigenvalue weighted by atomic mass is 16.4. The molecule has 0 aromatic heterocycles. The van der Waals surface area contributed by atoms with Crippen molar-refractivity contribution in [3.05, 3.63) is 0 Å². The van der Waals surface area contributed by atoms with Crippen LogP contribution in [-0.2, 0) is 9.59 Å². The van der Waals surface area contributed by atoms with E-state index in [2.05, 4.69) is 17.6 Å². The van der Waals surface area contributed by atoms with Crippen molar-refractivity contribution >= 4 is 11.9 Å². The quantitative estimate of drug-likeness (QED) is 0.736. The maximum Gasteiger partial charge on any atom is 0.329 e. The molecular weight excluding hydrogens is 256 g/mol. The van der Waals surface area contributed by atoms with Crippen LogP contribution in [0.1, 0.15) is 58.3 Å². The molecule has 20 heavy (non-hydrogen) atoms. The number of hydrogen-bond donors (Lipinski definition) is 3. The largest absolute Gasteiger partial charge is 0.480 e. The molecule has 1 aliphatic carbocycles. The van der Waals surface area contributed by atoms with Crippen LogP contribution in [0.4, 0.5) is 0 Å². The number of carboxylic acids is 1. The van der Waals surface area contributed by atoms with Crippen LogP contribution in [-0.4, -0.2) is 35.1 Å². The molecule has 2 fully saturated rings. The summed E-state index contributed by atoms with van der Waals surface area (Å²) in [5, 5.41) is 15.6. The van der Waals surface area contributed by atoms with Crippen molar-refractivity contribution in [2.75, 3.05) is 6.54 Å². The van der Waals surface area contributed by atoms with Crippen molar-refractivity contribution in [2.24, 2.45) is 5.92 Å². The van der Waals surface area contributed by atoms with E-state index in [-0.39, 0.29) is 11.9 Å². The molecule has 1 aliphatic heterocycles. The Morgan fingerprint density at radius 2 is 1.85 bits per heavy atom. The van der Waals surface area contributed by atoms with E-state index in [1.54, 1.807) is 0 Å². The fraction of sp³-hybridized carbons (Fsp3) is 0.867. The molecule has 2 aliphatic rings. The number of carboxylic acid groups (broad SMARTS) is 1. The zero-order valence-corrected chi connectivity index (χ0v) is 12.3. The Bertz CT molecular complexity index is 354. The third-order valence-corrected chi connectivity index (χ3v) is 4.78. The summed E-state index contributed by atoms with van der Waals surface area (Å²) in [6, 6.07) is -0.229. The van der Waals surface area contributed by atoms with Gasteiger partial charge in [-0.25, -0.2) is 4.79 Å². The van der Waals surface area contributed by atoms with Gasteiger partial charge < -0.3 is 15.7 Å². The molecule has 1 atom stereocenters. The number of aliphatic carboxylic acids is 1. The van der Waals surface area contributed by atoms with Crippen molar-refractivity contribution in [1.82, 2.24) is 10.6 Å². The van der Waals surface area contributed by atoms with Gasteiger partial charge in [0.2, 0.25) is 5.91 Å². The van der Waals surface area contributed by atoms with E-state index in [1.807, 2.05) is 0 Å². The van der Waals surface area contributed by atoms with Gasteiger partial charge >= 0.3 is 5.97 Å². The monoisotopic (exact) mass is 282 g/mol. The topological polar surface area (TPSA) is 78.4 Å². The molecule has 1 amide bonds. The first-order valence-corrected chi connectivity index (χ1v) is 7.82. The van der Waals surface area contributed by atoms with Crippen LogP contribution in [0.5, 0.6) is 0 Å². The maximum atomic E-state index is 12.4. The number of carbonyl (C=O) groups excluding carboxylic acids is 1. The van der Waals surface area contributed by atoms with Crippen LogP contribution < -0.4 is 10.6 Å². The third-order valence-electron chi connectivity index (χ3n) is 4.78. The second-order valence-electron chi connectivity index (χ2n) is 6.42. The van der Waals surface area contributed by atoms with Crippen LogP contribution in [0.25, 0.3) is 0 Å². The standard InChI is InChI=1S/C15H26N2O3/c1-11-6-8-15(9-7-11,14(19)20)17-13(18)12-5-3-2-4-10-16-12/h11-12,16H,2-10H2,1H3,(H,17,18)(H,19,20). The lowest BCUT2D eigenvalue weighted by Gasteiger charge is -2.37. The Labute approximate surface area is 120 Å². The van der Waals surface area contributed by atoms with Crippen LogP contribution in [0.15, 0.2) is 0 Å². The van der Waals surface area contributed by atoms with Crippen LogP contribution in [0.2, 0.25) is 0 Å². The average Bonchev–Trinajstić information content (AvgIpc) is 2.70. The normalized spacial score (nSPS) is 35.0. The van der Waals surface area contributed by atoms with Crippen LogP contribution >= 0.6 is 0 Å². The average molecular weight is 282 g/mol. The lowest BCUT2D eigenvalue weighted by Crippen LogP contribution is -2.60. The lowest BCUT2D eigenvalue weighted by molar-refractivity contribution is -0.150. The van der Waals surface area contributed by atoms with Crippen molar-refractivity contribution in [1.29, 1.82) is 0 Å². The lowest BCUT2D eigenvalue weighted by atomic mass is 9.77. The minimum absolute atomic E-state index is 0.135. The molecule has 1 heterocycles. The SMILES string of the molecule is CC1CCC(NC(=O)C2CCCCCN2)(C(=O)O)CC1. The first-order chi connectivity index (χ1) is 9.53. The molecule has 0 radical (unpaired) electrons. The number of hydrogen-bond acceptors (Lipinski definition) is 3. The van der Waals surface area contributed by atoms with Gasteiger partial charge in [0.25, 0.3) is 0 Å². The van der Waals surface area contributed by atoms with E-state index in [4.69, 9.17) is 0 Å². The van der Waals surface area contributed by atoms with Gasteiger partial charge in [-0.3, -0.25) is 4.79 Å². The van der Waals surface area contributed by atoms with E-state index in [0.717, 1.165) is 45.1 Å². The van der Waals surface area contributed by atoms with Crippen LogP contribution in [0.3, 0.4) is 0 Å². The van der Waals surface area contributed by atoms with Gasteiger partial charge in [-0.15, -0.1) is 0 Å². The number of amides is 1. The van der Waals surface area contributed by atoms with Gasteiger partial charge in [0, 0.05) is 0 Å². The minimum atomic E-state index is -1.04. The molecule has 0 aromatic carbocycles. The molecule has 0 aromatic rings. The molecule has 5 nitrogen and oxygen atoms in total. The van der Waals surface area contributed by atoms with E-state index in [9.17, 15) is 14.7 Å². The second kappa shape index (κ2) is 6.57. The Hall–Kier alpha value is -1.10. The van der Waals surface area contributed by atoms with Crippen molar-refractivity contribution in [3.8, 4) is 0 Å². The fourth-order valence-corrected chi connectivity index (χ4v) is 3.22. The Morgan fingerprint density at radius 3 is 2.50 bits per heavy atom. The van der Waals surface area contributed by atoms with Crippen molar-refractivity contribution in [3.63, 3.8) is 0 Å². The van der Waals surface area contributed by atoms with Gasteiger partial charge in [-0.2, -0.15) is 0 Å². The second-order valence-corrected chi connectivity index (χ2v) is 6.42. The summed E-state index contributed by atoms with van der Waals surface area (Å²) in [4.78, 5) is 24.0. The predicted molar refractivity (Wildman–Crippen MR) is 76.4 cm³/mol. The first-order valence-electron chi connectivity index (χ1n) is 7.82. The van der Waals surface area contributed by atoms with Crippen molar-refractivity contribution in [2.45, 2.75) is 69.9 Å². The van der Waals surface area contributed by atoms with Gasteiger partial charge in [-0.1, -0.05) is 19.8 Å². The molecule has 0 bridgehead atoms. The molecule has 5 heteroatoms. The van der Waals surface area contributed by atoms with Gasteiger partial charge in [0.15, 0.2) is 0 Å². The highest BCUT2D eigenvalue weighted by Gasteiger charge is 2.43. The predicted octanol–water partition coefficient (Wildman–Crippen LogP) is 1.67. The zero-order valence-electron chi connectivity index (χ0n) is 12.3. The summed E-state index contributed by atoms with van der Waals surface area (Å²) < 4.78 is 0.